The fourth-order valence-electron chi connectivity index (χ4n) is 4.90. The quantitative estimate of drug-likeness (QED) is 0.184. The number of hydrogen-bond acceptors (Lipinski definition) is 5. The molecule has 0 radical (unpaired) electrons. The predicted octanol–water partition coefficient (Wildman–Crippen LogP) is 8.32. The summed E-state index contributed by atoms with van der Waals surface area (Å²) >= 11 is 1.43. The molecule has 3 aromatic carbocycles. The number of benzene rings is 3. The van der Waals surface area contributed by atoms with E-state index in [1.165, 1.54) is 52.2 Å². The fourth-order valence-corrected chi connectivity index (χ4v) is 5.77. The number of aromatic nitrogens is 4. The summed E-state index contributed by atoms with van der Waals surface area (Å²) in [5.41, 5.74) is 8.12. The van der Waals surface area contributed by atoms with Crippen LogP contribution in [-0.2, 0) is 6.42 Å². The van der Waals surface area contributed by atoms with Crippen LogP contribution in [-0.4, -0.2) is 31.7 Å². The highest BCUT2D eigenvalue weighted by Gasteiger charge is 2.31. The van der Waals surface area contributed by atoms with Crippen LogP contribution in [0.5, 0.6) is 5.75 Å². The number of allylic oxidation sites excluding steroid dienone is 2. The summed E-state index contributed by atoms with van der Waals surface area (Å²) in [6.45, 7) is 9.97. The molecule has 0 atom stereocenters. The molecule has 0 aliphatic carbocycles. The van der Waals surface area contributed by atoms with Gasteiger partial charge in [0.25, 0.3) is 0 Å². The van der Waals surface area contributed by atoms with Gasteiger partial charge in [0.15, 0.2) is 10.6 Å². The lowest BCUT2D eigenvalue weighted by molar-refractivity contribution is -0.274. The summed E-state index contributed by atoms with van der Waals surface area (Å²) in [7, 11) is 0. The average Bonchev–Trinajstić information content (AvgIpc) is 3.64. The van der Waals surface area contributed by atoms with Crippen molar-refractivity contribution in [1.29, 1.82) is 0 Å². The number of urea groups is 1. The number of aryl methyl sites for hydroxylation is 3. The normalized spacial score (nSPS) is 12.7. The Labute approximate surface area is 268 Å². The number of carbonyl (C=O) groups is 1. The van der Waals surface area contributed by atoms with E-state index in [9.17, 15) is 18.0 Å². The Morgan fingerprint density at radius 3 is 2.41 bits per heavy atom. The molecule has 0 aliphatic rings. The zero-order valence-electron chi connectivity index (χ0n) is 26.0. The second kappa shape index (κ2) is 13.6. The van der Waals surface area contributed by atoms with Crippen LogP contribution in [0.25, 0.3) is 28.3 Å². The number of ether oxygens (including phenoxy) is 1. The van der Waals surface area contributed by atoms with Crippen molar-refractivity contribution in [1.82, 2.24) is 24.6 Å². The third-order valence-corrected chi connectivity index (χ3v) is 8.28. The lowest BCUT2D eigenvalue weighted by Gasteiger charge is -2.13. The summed E-state index contributed by atoms with van der Waals surface area (Å²) in [6.07, 6.45) is -1.33. The minimum atomic E-state index is -4.76. The Kier molecular flexibility index (Phi) is 9.57. The second-order valence-corrected chi connectivity index (χ2v) is 11.6. The van der Waals surface area contributed by atoms with Crippen LogP contribution < -0.4 is 14.9 Å². The van der Waals surface area contributed by atoms with E-state index in [-0.39, 0.29) is 5.75 Å². The summed E-state index contributed by atoms with van der Waals surface area (Å²) in [5.74, 6) is 0.132. The average molecular weight is 647 g/mol. The second-order valence-electron chi connectivity index (χ2n) is 10.8. The highest BCUT2D eigenvalue weighted by atomic mass is 32.1. The van der Waals surface area contributed by atoms with Crippen molar-refractivity contribution in [2.24, 2.45) is 4.99 Å². The molecule has 2 aromatic heterocycles. The Balaban J connectivity index is 1.31. The highest BCUT2D eigenvalue weighted by molar-refractivity contribution is 7.07. The molecule has 12 heteroatoms. The number of nitrogens with one attached hydrogen (secondary N) is 1. The van der Waals surface area contributed by atoms with Gasteiger partial charge in [0, 0.05) is 22.3 Å². The van der Waals surface area contributed by atoms with Crippen molar-refractivity contribution in [3.8, 4) is 28.5 Å². The van der Waals surface area contributed by atoms with Gasteiger partial charge in [-0.3, -0.25) is 4.57 Å². The van der Waals surface area contributed by atoms with Gasteiger partial charge in [0.05, 0.1) is 11.4 Å². The summed E-state index contributed by atoms with van der Waals surface area (Å²) in [4.78, 5) is 22.4. The monoisotopic (exact) mass is 646 g/mol. The largest absolute Gasteiger partial charge is 0.573 e. The number of amides is 2. The maximum Gasteiger partial charge on any atom is 0.573 e. The van der Waals surface area contributed by atoms with Gasteiger partial charge < -0.3 is 10.1 Å². The molecule has 0 saturated carbocycles. The molecular weight excluding hydrogens is 613 g/mol. The van der Waals surface area contributed by atoms with E-state index in [4.69, 9.17) is 0 Å². The third kappa shape index (κ3) is 7.63. The first-order valence-electron chi connectivity index (χ1n) is 14.6. The molecule has 8 nitrogen and oxygen atoms in total. The molecule has 1 N–H and O–H groups in total. The standard InChI is InChI=1S/C34H33F3N6O2S/c1-6-7-26-9-8-21(2)18-30(26)43-22(3)19-46-33(43)40-32(44)39-24(5)23(4)25-10-12-27(13-11-25)31-38-20-42(41-31)28-14-16-29(17-15-28)45-34(35,36)37/h8-20H,6-7H2,1-5H3,(H,39,44)/b24-23+,40-33?. The van der Waals surface area contributed by atoms with Gasteiger partial charge >= 0.3 is 12.4 Å². The van der Waals surface area contributed by atoms with E-state index in [2.05, 4.69) is 57.2 Å². The third-order valence-electron chi connectivity index (χ3n) is 7.34. The molecule has 46 heavy (non-hydrogen) atoms. The zero-order valence-corrected chi connectivity index (χ0v) is 26.8. The number of nitrogens with zero attached hydrogens (tertiary/aromatic N) is 5. The molecule has 2 heterocycles. The summed E-state index contributed by atoms with van der Waals surface area (Å²) in [5, 5.41) is 9.37. The topological polar surface area (TPSA) is 86.3 Å². The van der Waals surface area contributed by atoms with Gasteiger partial charge in [0.1, 0.15) is 12.1 Å². The first kappa shape index (κ1) is 32.4. The first-order chi connectivity index (χ1) is 21.9. The molecule has 5 aromatic rings. The van der Waals surface area contributed by atoms with Crippen LogP contribution >= 0.6 is 11.3 Å². The maximum absolute atomic E-state index is 13.1. The lowest BCUT2D eigenvalue weighted by atomic mass is 10.0. The molecule has 0 spiro atoms. The number of halogens is 3. The van der Waals surface area contributed by atoms with E-state index in [1.54, 1.807) is 0 Å². The van der Waals surface area contributed by atoms with Gasteiger partial charge in [-0.25, -0.2) is 14.5 Å². The first-order valence-corrected chi connectivity index (χ1v) is 15.5. The number of hydrogen-bond donors (Lipinski definition) is 1. The van der Waals surface area contributed by atoms with Gasteiger partial charge in [-0.15, -0.1) is 29.6 Å². The minimum Gasteiger partial charge on any atom is -0.406 e. The molecule has 0 aliphatic heterocycles. The molecule has 5 rings (SSSR count). The fraction of sp³-hybridized carbons (Fsp3) is 0.235. The number of carbonyl (C=O) groups excluding carboxylic acids is 1. The van der Waals surface area contributed by atoms with E-state index in [0.717, 1.165) is 46.5 Å². The highest BCUT2D eigenvalue weighted by Crippen LogP contribution is 2.25. The Morgan fingerprint density at radius 1 is 1.02 bits per heavy atom. The van der Waals surface area contributed by atoms with Crippen LogP contribution in [0.1, 0.15) is 49.6 Å². The smallest absolute Gasteiger partial charge is 0.406 e. The van der Waals surface area contributed by atoms with Crippen molar-refractivity contribution >= 4 is 22.9 Å². The Hall–Kier alpha value is -4.97. The van der Waals surface area contributed by atoms with E-state index < -0.39 is 12.4 Å². The minimum absolute atomic E-state index is 0.315. The molecule has 2 amide bonds. The molecule has 238 valence electrons. The van der Waals surface area contributed by atoms with Crippen molar-refractivity contribution in [2.75, 3.05) is 0 Å². The van der Waals surface area contributed by atoms with Crippen LogP contribution in [0.15, 0.2) is 89.1 Å². The number of rotatable bonds is 8. The molecule has 0 fully saturated rings. The molecular formula is C34H33F3N6O2S. The number of thiazole rings is 1. The van der Waals surface area contributed by atoms with Crippen molar-refractivity contribution < 1.29 is 22.7 Å². The maximum atomic E-state index is 13.1. The van der Waals surface area contributed by atoms with Crippen molar-refractivity contribution in [3.05, 3.63) is 111 Å². The van der Waals surface area contributed by atoms with E-state index in [0.29, 0.717) is 22.0 Å². The van der Waals surface area contributed by atoms with Gasteiger partial charge in [-0.1, -0.05) is 49.7 Å². The molecule has 0 bridgehead atoms. The Morgan fingerprint density at radius 2 is 1.74 bits per heavy atom. The zero-order chi connectivity index (χ0) is 33.0. The summed E-state index contributed by atoms with van der Waals surface area (Å²) in [6, 6.07) is 18.8. The predicted molar refractivity (Wildman–Crippen MR) is 173 cm³/mol. The van der Waals surface area contributed by atoms with Gasteiger partial charge in [-0.05, 0) is 86.7 Å². The van der Waals surface area contributed by atoms with Gasteiger partial charge in [-0.2, -0.15) is 4.99 Å². The van der Waals surface area contributed by atoms with Crippen LogP contribution in [0.4, 0.5) is 18.0 Å². The summed E-state index contributed by atoms with van der Waals surface area (Å²) < 4.78 is 44.8. The van der Waals surface area contributed by atoms with Crippen LogP contribution in [0.2, 0.25) is 0 Å². The van der Waals surface area contributed by atoms with Crippen LogP contribution in [0, 0.1) is 13.8 Å². The SMILES string of the molecule is CCCc1ccc(C)cc1-n1c(C)csc1=NC(=O)N/C(C)=C(\C)c1ccc(-c2ncn(-c3ccc(OC(F)(F)F)cc3)n2)cc1. The lowest BCUT2D eigenvalue weighted by Crippen LogP contribution is -2.24. The van der Waals surface area contributed by atoms with E-state index in [1.807, 2.05) is 55.0 Å². The van der Waals surface area contributed by atoms with Crippen molar-refractivity contribution in [2.45, 2.75) is 53.8 Å². The number of alkyl halides is 3. The Bertz CT molecular complexity index is 1950. The van der Waals surface area contributed by atoms with Crippen molar-refractivity contribution in [3.63, 3.8) is 0 Å². The molecule has 0 saturated heterocycles. The van der Waals surface area contributed by atoms with Crippen LogP contribution in [0.3, 0.4) is 0 Å². The van der Waals surface area contributed by atoms with Gasteiger partial charge in [0.2, 0.25) is 0 Å². The van der Waals surface area contributed by atoms with E-state index >= 15 is 0 Å². The molecule has 0 unspecified atom stereocenters.